The number of carbonyl (C=O) groups excluding carboxylic acids is 3. The Morgan fingerprint density at radius 1 is 0.933 bits per heavy atom. The molecular formula is C22H28N4O3S. The topological polar surface area (TPSA) is 99.3 Å². The third kappa shape index (κ3) is 6.06. The van der Waals surface area contributed by atoms with Crippen LogP contribution in [-0.2, 0) is 12.8 Å². The zero-order valence-corrected chi connectivity index (χ0v) is 18.2. The fourth-order valence-corrected chi connectivity index (χ4v) is 4.52. The molecule has 0 fully saturated rings. The Kier molecular flexibility index (Phi) is 7.46. The van der Waals surface area contributed by atoms with Crippen LogP contribution in [0.1, 0.15) is 70.0 Å². The first-order chi connectivity index (χ1) is 14.4. The van der Waals surface area contributed by atoms with Crippen molar-refractivity contribution < 1.29 is 14.4 Å². The van der Waals surface area contributed by atoms with E-state index in [-0.39, 0.29) is 18.0 Å². The van der Waals surface area contributed by atoms with E-state index in [1.807, 2.05) is 19.9 Å². The predicted molar refractivity (Wildman–Crippen MR) is 119 cm³/mol. The van der Waals surface area contributed by atoms with Crippen LogP contribution in [0.3, 0.4) is 0 Å². The summed E-state index contributed by atoms with van der Waals surface area (Å²) in [5, 5.41) is 5.40. The number of hydrogen-bond acceptors (Lipinski definition) is 4. The number of nitrogens with one attached hydrogen (secondary N) is 4. The van der Waals surface area contributed by atoms with Crippen molar-refractivity contribution in [1.82, 2.24) is 16.2 Å². The lowest BCUT2D eigenvalue weighted by Crippen LogP contribution is -2.41. The molecule has 0 radical (unpaired) electrons. The molecule has 7 nitrogen and oxygen atoms in total. The van der Waals surface area contributed by atoms with Crippen LogP contribution < -0.4 is 21.5 Å². The second kappa shape index (κ2) is 10.2. The summed E-state index contributed by atoms with van der Waals surface area (Å²) in [4.78, 5) is 38.7. The van der Waals surface area contributed by atoms with Crippen LogP contribution in [0.5, 0.6) is 0 Å². The van der Waals surface area contributed by atoms with E-state index >= 15 is 0 Å². The number of fused-ring (bicyclic) bond motifs is 1. The molecule has 4 amide bonds. The number of carbonyl (C=O) groups is 3. The number of urea groups is 1. The molecule has 1 aliphatic rings. The Hall–Kier alpha value is -2.87. The normalized spacial score (nSPS) is 13.6. The van der Waals surface area contributed by atoms with Gasteiger partial charge < -0.3 is 10.6 Å². The molecule has 1 aromatic carbocycles. The molecule has 0 aliphatic heterocycles. The van der Waals surface area contributed by atoms with E-state index in [1.165, 1.54) is 34.6 Å². The van der Waals surface area contributed by atoms with Gasteiger partial charge in [0.1, 0.15) is 0 Å². The molecule has 160 valence electrons. The minimum atomic E-state index is -0.453. The zero-order valence-electron chi connectivity index (χ0n) is 17.3. The number of thiophene rings is 1. The maximum atomic E-state index is 12.5. The number of anilines is 1. The highest BCUT2D eigenvalue weighted by molar-refractivity contribution is 7.14. The van der Waals surface area contributed by atoms with Crippen molar-refractivity contribution in [2.24, 2.45) is 0 Å². The van der Waals surface area contributed by atoms with E-state index < -0.39 is 5.91 Å². The first-order valence-electron chi connectivity index (χ1n) is 10.3. The summed E-state index contributed by atoms with van der Waals surface area (Å²) in [6, 6.07) is 8.14. The van der Waals surface area contributed by atoms with Gasteiger partial charge in [-0.3, -0.25) is 20.4 Å². The van der Waals surface area contributed by atoms with E-state index in [4.69, 9.17) is 0 Å². The van der Waals surface area contributed by atoms with Gasteiger partial charge in [0.05, 0.1) is 4.88 Å². The lowest BCUT2D eigenvalue weighted by Gasteiger charge is -2.11. The van der Waals surface area contributed by atoms with Crippen molar-refractivity contribution in [2.45, 2.75) is 58.4 Å². The van der Waals surface area contributed by atoms with Gasteiger partial charge in [0, 0.05) is 22.2 Å². The van der Waals surface area contributed by atoms with Crippen molar-refractivity contribution >= 4 is 34.9 Å². The minimum Gasteiger partial charge on any atom is -0.336 e. The molecule has 2 aromatic rings. The first kappa shape index (κ1) is 21.8. The van der Waals surface area contributed by atoms with Gasteiger partial charge in [-0.25, -0.2) is 4.79 Å². The van der Waals surface area contributed by atoms with E-state index in [1.54, 1.807) is 24.3 Å². The van der Waals surface area contributed by atoms with Crippen molar-refractivity contribution in [3.8, 4) is 0 Å². The Morgan fingerprint density at radius 3 is 2.43 bits per heavy atom. The summed E-state index contributed by atoms with van der Waals surface area (Å²) in [6.45, 7) is 3.72. The highest BCUT2D eigenvalue weighted by Gasteiger charge is 2.17. The smallest absolute Gasteiger partial charge is 0.319 e. The summed E-state index contributed by atoms with van der Waals surface area (Å²) >= 11 is 1.51. The standard InChI is InChI=1S/C22H28N4O3S/c1-14(2)23-22(29)24-17-10-7-9-16(12-17)20(27)25-26-21(28)19-13-15-8-5-3-4-6-11-18(15)30-19/h7,9-10,12-14H,3-6,8,11H2,1-2H3,(H,25,27)(H,26,28)(H2,23,24,29). The van der Waals surface area contributed by atoms with Gasteiger partial charge in [-0.1, -0.05) is 18.9 Å². The Bertz CT molecular complexity index is 897. The molecule has 3 rings (SSSR count). The van der Waals surface area contributed by atoms with Gasteiger partial charge in [0.15, 0.2) is 0 Å². The van der Waals surface area contributed by atoms with Gasteiger partial charge in [-0.2, -0.15) is 0 Å². The number of aryl methyl sites for hydroxylation is 2. The number of benzene rings is 1. The molecule has 0 unspecified atom stereocenters. The quantitative estimate of drug-likeness (QED) is 0.554. The molecule has 1 aliphatic carbocycles. The summed E-state index contributed by atoms with van der Waals surface area (Å²) in [5.41, 5.74) is 7.03. The van der Waals surface area contributed by atoms with E-state index in [0.29, 0.717) is 16.1 Å². The second-order valence-electron chi connectivity index (χ2n) is 7.72. The maximum absolute atomic E-state index is 12.5. The zero-order chi connectivity index (χ0) is 21.5. The van der Waals surface area contributed by atoms with Crippen LogP contribution in [0.25, 0.3) is 0 Å². The third-order valence-corrected chi connectivity index (χ3v) is 6.05. The Morgan fingerprint density at radius 2 is 1.67 bits per heavy atom. The summed E-state index contributed by atoms with van der Waals surface area (Å²) < 4.78 is 0. The van der Waals surface area contributed by atoms with E-state index in [2.05, 4.69) is 21.5 Å². The SMILES string of the molecule is CC(C)NC(=O)Nc1cccc(C(=O)NNC(=O)c2cc3c(s2)CCCCCC3)c1. The van der Waals surface area contributed by atoms with Gasteiger partial charge in [0.2, 0.25) is 0 Å². The lowest BCUT2D eigenvalue weighted by atomic mass is 10.00. The summed E-state index contributed by atoms with van der Waals surface area (Å²) in [6.07, 6.45) is 6.81. The minimum absolute atomic E-state index is 0.00312. The molecule has 0 atom stereocenters. The molecule has 0 saturated carbocycles. The molecule has 30 heavy (non-hydrogen) atoms. The second-order valence-corrected chi connectivity index (χ2v) is 8.85. The van der Waals surface area contributed by atoms with Crippen molar-refractivity contribution in [1.29, 1.82) is 0 Å². The fourth-order valence-electron chi connectivity index (χ4n) is 3.37. The van der Waals surface area contributed by atoms with E-state index in [9.17, 15) is 14.4 Å². The molecule has 4 N–H and O–H groups in total. The van der Waals surface area contributed by atoms with Crippen molar-refractivity contribution in [2.75, 3.05) is 5.32 Å². The Labute approximate surface area is 180 Å². The van der Waals surface area contributed by atoms with Gasteiger partial charge in [0.25, 0.3) is 11.8 Å². The van der Waals surface area contributed by atoms with E-state index in [0.717, 1.165) is 25.7 Å². The number of hydrazine groups is 1. The molecule has 8 heteroatoms. The first-order valence-corrected chi connectivity index (χ1v) is 11.1. The highest BCUT2D eigenvalue weighted by Crippen LogP contribution is 2.28. The van der Waals surface area contributed by atoms with Crippen LogP contribution in [-0.4, -0.2) is 23.9 Å². The third-order valence-electron chi connectivity index (χ3n) is 4.81. The molecule has 1 heterocycles. The fraction of sp³-hybridized carbons (Fsp3) is 0.409. The average Bonchev–Trinajstić information content (AvgIpc) is 3.07. The average molecular weight is 429 g/mol. The van der Waals surface area contributed by atoms with Gasteiger partial charge >= 0.3 is 6.03 Å². The van der Waals surface area contributed by atoms with Crippen molar-refractivity contribution in [3.05, 3.63) is 51.2 Å². The molecule has 1 aromatic heterocycles. The largest absolute Gasteiger partial charge is 0.336 e. The molecule has 0 saturated heterocycles. The summed E-state index contributed by atoms with van der Waals surface area (Å²) in [7, 11) is 0. The molecule has 0 bridgehead atoms. The number of rotatable bonds is 4. The van der Waals surface area contributed by atoms with Gasteiger partial charge in [-0.15, -0.1) is 11.3 Å². The van der Waals surface area contributed by atoms with Crippen LogP contribution >= 0.6 is 11.3 Å². The maximum Gasteiger partial charge on any atom is 0.319 e. The predicted octanol–water partition coefficient (Wildman–Crippen LogP) is 4.01. The lowest BCUT2D eigenvalue weighted by molar-refractivity contribution is 0.0849. The van der Waals surface area contributed by atoms with Crippen LogP contribution in [0.4, 0.5) is 10.5 Å². The molecule has 0 spiro atoms. The Balaban J connectivity index is 1.57. The monoisotopic (exact) mass is 428 g/mol. The highest BCUT2D eigenvalue weighted by atomic mass is 32.1. The van der Waals surface area contributed by atoms with Crippen molar-refractivity contribution in [3.63, 3.8) is 0 Å². The van der Waals surface area contributed by atoms with Gasteiger partial charge in [-0.05, 0) is 69.4 Å². The summed E-state index contributed by atoms with van der Waals surface area (Å²) in [5.74, 6) is -0.767. The number of hydrogen-bond donors (Lipinski definition) is 4. The van der Waals surface area contributed by atoms with Crippen LogP contribution in [0.15, 0.2) is 30.3 Å². The molecular weight excluding hydrogens is 400 g/mol. The van der Waals surface area contributed by atoms with Crippen LogP contribution in [0.2, 0.25) is 0 Å². The number of amides is 4. The van der Waals surface area contributed by atoms with Crippen LogP contribution in [0, 0.1) is 0 Å².